The van der Waals surface area contributed by atoms with E-state index in [4.69, 9.17) is 9.84 Å². The largest absolute Gasteiger partial charge is 0.481 e. The van der Waals surface area contributed by atoms with Gasteiger partial charge in [-0.05, 0) is 43.0 Å². The van der Waals surface area contributed by atoms with Gasteiger partial charge in [-0.1, -0.05) is 59.9 Å². The fourth-order valence-corrected chi connectivity index (χ4v) is 5.22. The highest BCUT2D eigenvalue weighted by Gasteiger charge is 2.29. The summed E-state index contributed by atoms with van der Waals surface area (Å²) >= 11 is 1.05. The second kappa shape index (κ2) is 10.3. The number of aliphatic carboxylic acids is 1. The number of carboxylic acids is 1. The van der Waals surface area contributed by atoms with Gasteiger partial charge in [-0.2, -0.15) is 0 Å². The third-order valence-electron chi connectivity index (χ3n) is 5.99. The second-order valence-corrected chi connectivity index (χ2v) is 9.62. The van der Waals surface area contributed by atoms with Crippen LogP contribution in [0.5, 0.6) is 0 Å². The molecule has 0 saturated heterocycles. The summed E-state index contributed by atoms with van der Waals surface area (Å²) < 4.78 is 5.56. The Labute approximate surface area is 207 Å². The van der Waals surface area contributed by atoms with Crippen molar-refractivity contribution in [2.24, 2.45) is 0 Å². The molecule has 3 aromatic rings. The molecule has 35 heavy (non-hydrogen) atoms. The number of carbonyl (C=O) groups excluding carboxylic acids is 2. The van der Waals surface area contributed by atoms with E-state index in [0.717, 1.165) is 33.6 Å². The monoisotopic (exact) mass is 493 g/mol. The number of thiazole rings is 1. The standard InChI is InChI=1S/C26H27N3O5S/c1-15(2)29(13-12-22(30)31)24(32)23-16(3)27-25(35-23)28-26(33)34-14-21-19-10-6-4-8-17(19)18-9-5-7-11-20(18)21/h4-11,15,21H,12-14H2,1-3H3,(H,30,31)(H,27,28,33). The number of rotatable bonds is 8. The van der Waals surface area contributed by atoms with Crippen LogP contribution in [0.4, 0.5) is 9.93 Å². The van der Waals surface area contributed by atoms with E-state index in [1.807, 2.05) is 50.2 Å². The average molecular weight is 494 g/mol. The van der Waals surface area contributed by atoms with E-state index in [-0.39, 0.29) is 42.6 Å². The van der Waals surface area contributed by atoms with Crippen LogP contribution < -0.4 is 5.32 Å². The lowest BCUT2D eigenvalue weighted by atomic mass is 9.98. The molecule has 0 bridgehead atoms. The second-order valence-electron chi connectivity index (χ2n) is 8.62. The van der Waals surface area contributed by atoms with Crippen molar-refractivity contribution in [3.05, 3.63) is 70.2 Å². The van der Waals surface area contributed by atoms with E-state index >= 15 is 0 Å². The molecule has 9 heteroatoms. The molecule has 1 aromatic heterocycles. The van der Waals surface area contributed by atoms with Crippen LogP contribution in [-0.4, -0.2) is 52.2 Å². The summed E-state index contributed by atoms with van der Waals surface area (Å²) in [6, 6.07) is 16.0. The van der Waals surface area contributed by atoms with E-state index in [9.17, 15) is 14.4 Å². The van der Waals surface area contributed by atoms with Gasteiger partial charge in [0.2, 0.25) is 0 Å². The molecular formula is C26H27N3O5S. The fourth-order valence-electron chi connectivity index (χ4n) is 4.31. The van der Waals surface area contributed by atoms with Gasteiger partial charge in [-0.25, -0.2) is 9.78 Å². The van der Waals surface area contributed by atoms with Gasteiger partial charge in [0.1, 0.15) is 11.5 Å². The average Bonchev–Trinajstić information content (AvgIpc) is 3.34. The molecule has 0 atom stereocenters. The number of ether oxygens (including phenoxy) is 1. The number of benzene rings is 2. The maximum atomic E-state index is 13.0. The lowest BCUT2D eigenvalue weighted by Gasteiger charge is -2.25. The van der Waals surface area contributed by atoms with Crippen molar-refractivity contribution in [3.63, 3.8) is 0 Å². The van der Waals surface area contributed by atoms with E-state index < -0.39 is 12.1 Å². The Balaban J connectivity index is 1.42. The zero-order chi connectivity index (χ0) is 25.1. The van der Waals surface area contributed by atoms with Crippen molar-refractivity contribution in [2.45, 2.75) is 39.2 Å². The Morgan fingerprint density at radius 2 is 1.69 bits per heavy atom. The summed E-state index contributed by atoms with van der Waals surface area (Å²) in [6.07, 6.45) is -0.793. The van der Waals surface area contributed by atoms with Gasteiger partial charge in [0, 0.05) is 18.5 Å². The number of carboxylic acid groups (broad SMARTS) is 1. The van der Waals surface area contributed by atoms with Crippen LogP contribution in [0.1, 0.15) is 52.7 Å². The molecule has 1 aliphatic carbocycles. The van der Waals surface area contributed by atoms with Crippen molar-refractivity contribution >= 4 is 34.4 Å². The minimum Gasteiger partial charge on any atom is -0.481 e. The third kappa shape index (κ3) is 5.19. The van der Waals surface area contributed by atoms with E-state index in [0.29, 0.717) is 10.6 Å². The number of hydrogen-bond donors (Lipinski definition) is 2. The zero-order valence-electron chi connectivity index (χ0n) is 19.8. The molecule has 2 N–H and O–H groups in total. The van der Waals surface area contributed by atoms with Gasteiger partial charge < -0.3 is 14.7 Å². The molecule has 4 rings (SSSR count). The van der Waals surface area contributed by atoms with Crippen molar-refractivity contribution in [1.29, 1.82) is 0 Å². The molecular weight excluding hydrogens is 466 g/mol. The predicted octanol–water partition coefficient (Wildman–Crippen LogP) is 5.14. The van der Waals surface area contributed by atoms with Crippen LogP contribution in [0.3, 0.4) is 0 Å². The van der Waals surface area contributed by atoms with E-state index in [1.165, 1.54) is 4.90 Å². The molecule has 0 aliphatic heterocycles. The van der Waals surface area contributed by atoms with Crippen LogP contribution in [0.2, 0.25) is 0 Å². The SMILES string of the molecule is Cc1nc(NC(=O)OCC2c3ccccc3-c3ccccc32)sc1C(=O)N(CCC(=O)O)C(C)C. The first-order chi connectivity index (χ1) is 16.8. The maximum Gasteiger partial charge on any atom is 0.413 e. The Morgan fingerprint density at radius 1 is 1.09 bits per heavy atom. The van der Waals surface area contributed by atoms with Crippen molar-refractivity contribution in [2.75, 3.05) is 18.5 Å². The molecule has 182 valence electrons. The van der Waals surface area contributed by atoms with Crippen molar-refractivity contribution < 1.29 is 24.2 Å². The highest BCUT2D eigenvalue weighted by Crippen LogP contribution is 2.44. The molecule has 1 aliphatic rings. The number of amides is 2. The van der Waals surface area contributed by atoms with Crippen molar-refractivity contribution in [3.8, 4) is 11.1 Å². The van der Waals surface area contributed by atoms with Crippen LogP contribution in [0, 0.1) is 6.92 Å². The lowest BCUT2D eigenvalue weighted by molar-refractivity contribution is -0.137. The van der Waals surface area contributed by atoms with Crippen molar-refractivity contribution in [1.82, 2.24) is 9.88 Å². The predicted molar refractivity (Wildman–Crippen MR) is 134 cm³/mol. The topological polar surface area (TPSA) is 109 Å². The normalized spacial score (nSPS) is 12.2. The summed E-state index contributed by atoms with van der Waals surface area (Å²) in [5, 5.41) is 11.9. The van der Waals surface area contributed by atoms with E-state index in [2.05, 4.69) is 22.4 Å². The van der Waals surface area contributed by atoms with Gasteiger partial charge in [0.25, 0.3) is 5.91 Å². The summed E-state index contributed by atoms with van der Waals surface area (Å²) in [5.41, 5.74) is 5.00. The molecule has 0 radical (unpaired) electrons. The highest BCUT2D eigenvalue weighted by atomic mass is 32.1. The first-order valence-corrected chi connectivity index (χ1v) is 12.2. The Bertz CT molecular complexity index is 1220. The first-order valence-electron chi connectivity index (χ1n) is 11.4. The molecule has 0 fully saturated rings. The summed E-state index contributed by atoms with van der Waals surface area (Å²) in [5.74, 6) is -1.34. The summed E-state index contributed by atoms with van der Waals surface area (Å²) in [7, 11) is 0. The Kier molecular flexibility index (Phi) is 7.16. The summed E-state index contributed by atoms with van der Waals surface area (Å²) in [4.78, 5) is 42.7. The number of aryl methyl sites for hydroxylation is 1. The molecule has 0 saturated carbocycles. The number of nitrogens with zero attached hydrogens (tertiary/aromatic N) is 2. The maximum absolute atomic E-state index is 13.0. The number of fused-ring (bicyclic) bond motifs is 3. The Morgan fingerprint density at radius 3 is 2.26 bits per heavy atom. The minimum absolute atomic E-state index is 0.0582. The van der Waals surface area contributed by atoms with E-state index in [1.54, 1.807) is 6.92 Å². The van der Waals surface area contributed by atoms with Gasteiger partial charge in [0.15, 0.2) is 5.13 Å². The van der Waals surface area contributed by atoms with Crippen LogP contribution in [0.15, 0.2) is 48.5 Å². The number of anilines is 1. The number of carbonyl (C=O) groups is 3. The van der Waals surface area contributed by atoms with Gasteiger partial charge >= 0.3 is 12.1 Å². The molecule has 2 aromatic carbocycles. The van der Waals surface area contributed by atoms with Gasteiger partial charge in [-0.3, -0.25) is 14.9 Å². The quantitative estimate of drug-likeness (QED) is 0.450. The number of aromatic nitrogens is 1. The molecule has 2 amide bonds. The molecule has 8 nitrogen and oxygen atoms in total. The molecule has 0 spiro atoms. The number of nitrogens with one attached hydrogen (secondary N) is 1. The molecule has 1 heterocycles. The molecule has 0 unspecified atom stereocenters. The fraction of sp³-hybridized carbons (Fsp3) is 0.308. The van der Waals surface area contributed by atoms with Gasteiger partial charge in [-0.15, -0.1) is 0 Å². The first kappa shape index (κ1) is 24.4. The van der Waals surface area contributed by atoms with Gasteiger partial charge in [0.05, 0.1) is 12.1 Å². The summed E-state index contributed by atoms with van der Waals surface area (Å²) in [6.45, 7) is 5.60. The highest BCUT2D eigenvalue weighted by molar-refractivity contribution is 7.17. The van der Waals surface area contributed by atoms with Crippen LogP contribution in [-0.2, 0) is 9.53 Å². The lowest BCUT2D eigenvalue weighted by Crippen LogP contribution is -2.38. The number of hydrogen-bond acceptors (Lipinski definition) is 6. The minimum atomic E-state index is -0.970. The Hall–Kier alpha value is -3.72. The smallest absolute Gasteiger partial charge is 0.413 e. The van der Waals surface area contributed by atoms with Crippen LogP contribution in [0.25, 0.3) is 11.1 Å². The zero-order valence-corrected chi connectivity index (χ0v) is 20.6. The van der Waals surface area contributed by atoms with Crippen LogP contribution >= 0.6 is 11.3 Å². The third-order valence-corrected chi connectivity index (χ3v) is 7.06.